The fraction of sp³-hybridized carbons (Fsp3) is 0.857. The van der Waals surface area contributed by atoms with E-state index in [1.807, 2.05) is 20.8 Å². The average molecular weight is 252 g/mol. The maximum atomic E-state index is 12.6. The van der Waals surface area contributed by atoms with E-state index < -0.39 is 5.41 Å². The third kappa shape index (κ3) is 1.87. The Bertz CT molecular complexity index is 367. The minimum Gasteiger partial charge on any atom is -0.330 e. The fourth-order valence-electron chi connectivity index (χ4n) is 3.28. The van der Waals surface area contributed by atoms with Gasteiger partial charge in [0.15, 0.2) is 0 Å². The monoisotopic (exact) mass is 252 g/mol. The quantitative estimate of drug-likeness (QED) is 0.775. The summed E-state index contributed by atoms with van der Waals surface area (Å²) < 4.78 is 0. The molecular weight excluding hydrogens is 228 g/mol. The lowest BCUT2D eigenvalue weighted by molar-refractivity contribution is -0.145. The van der Waals surface area contributed by atoms with Crippen molar-refractivity contribution in [2.45, 2.75) is 52.5 Å². The van der Waals surface area contributed by atoms with Gasteiger partial charge in [-0.05, 0) is 38.1 Å². The van der Waals surface area contributed by atoms with Crippen LogP contribution in [0, 0.1) is 17.3 Å². The van der Waals surface area contributed by atoms with Crippen molar-refractivity contribution in [3.8, 4) is 0 Å². The first-order valence-corrected chi connectivity index (χ1v) is 6.98. The van der Waals surface area contributed by atoms with Crippen molar-refractivity contribution in [1.82, 2.24) is 4.90 Å². The number of amides is 2. The van der Waals surface area contributed by atoms with Gasteiger partial charge in [-0.3, -0.25) is 14.5 Å². The van der Waals surface area contributed by atoms with Crippen LogP contribution in [0.4, 0.5) is 0 Å². The molecule has 18 heavy (non-hydrogen) atoms. The van der Waals surface area contributed by atoms with Gasteiger partial charge in [0.05, 0.1) is 5.41 Å². The summed E-state index contributed by atoms with van der Waals surface area (Å²) in [5.41, 5.74) is 5.25. The van der Waals surface area contributed by atoms with Crippen LogP contribution in [0.25, 0.3) is 0 Å². The van der Waals surface area contributed by atoms with Crippen LogP contribution in [0.15, 0.2) is 0 Å². The van der Waals surface area contributed by atoms with Crippen LogP contribution in [0.1, 0.15) is 46.5 Å². The zero-order chi connectivity index (χ0) is 13.5. The number of rotatable bonds is 3. The molecule has 1 heterocycles. The molecule has 0 aromatic rings. The number of nitrogens with zero attached hydrogens (tertiary/aromatic N) is 1. The molecule has 0 bridgehead atoms. The van der Waals surface area contributed by atoms with Crippen molar-refractivity contribution in [3.63, 3.8) is 0 Å². The first-order chi connectivity index (χ1) is 8.41. The zero-order valence-corrected chi connectivity index (χ0v) is 11.6. The Morgan fingerprint density at radius 1 is 1.39 bits per heavy atom. The molecule has 4 nitrogen and oxygen atoms in total. The second kappa shape index (κ2) is 4.65. The second-order valence-corrected chi connectivity index (χ2v) is 6.31. The first kappa shape index (κ1) is 13.5. The van der Waals surface area contributed by atoms with Gasteiger partial charge in [0.2, 0.25) is 11.8 Å². The van der Waals surface area contributed by atoms with Crippen LogP contribution in [-0.2, 0) is 9.59 Å². The maximum absolute atomic E-state index is 12.6. The smallest absolute Gasteiger partial charge is 0.236 e. The van der Waals surface area contributed by atoms with E-state index in [2.05, 4.69) is 0 Å². The molecule has 2 amide bonds. The molecular formula is C14H24N2O2. The van der Waals surface area contributed by atoms with Crippen molar-refractivity contribution in [2.75, 3.05) is 6.54 Å². The maximum Gasteiger partial charge on any atom is 0.236 e. The Hall–Kier alpha value is -0.900. The molecule has 2 rings (SSSR count). The second-order valence-electron chi connectivity index (χ2n) is 6.31. The Kier molecular flexibility index (Phi) is 3.49. The zero-order valence-electron chi connectivity index (χ0n) is 11.6. The molecule has 2 aliphatic rings. The van der Waals surface area contributed by atoms with Crippen LogP contribution in [-0.4, -0.2) is 29.3 Å². The van der Waals surface area contributed by atoms with E-state index in [1.54, 1.807) is 4.90 Å². The van der Waals surface area contributed by atoms with E-state index in [-0.39, 0.29) is 23.8 Å². The lowest BCUT2D eigenvalue weighted by atomic mass is 9.77. The normalized spacial score (nSPS) is 37.1. The topological polar surface area (TPSA) is 63.4 Å². The molecule has 3 atom stereocenters. The summed E-state index contributed by atoms with van der Waals surface area (Å²) in [6.07, 6.45) is 3.39. The summed E-state index contributed by atoms with van der Waals surface area (Å²) in [6.45, 7) is 6.53. The van der Waals surface area contributed by atoms with Crippen LogP contribution in [0.2, 0.25) is 0 Å². The minimum absolute atomic E-state index is 0.00144. The summed E-state index contributed by atoms with van der Waals surface area (Å²) in [5.74, 6) is 0.512. The lowest BCUT2D eigenvalue weighted by Crippen LogP contribution is -2.46. The standard InChI is InChI=1S/C14H24N2O2/c1-9(2)14(3)7-12(17)16(13(14)18)11-6-4-5-10(11)8-15/h9-11H,4-8,15H2,1-3H3. The van der Waals surface area contributed by atoms with Gasteiger partial charge in [-0.2, -0.15) is 0 Å². The van der Waals surface area contributed by atoms with Gasteiger partial charge >= 0.3 is 0 Å². The molecule has 1 aliphatic carbocycles. The van der Waals surface area contributed by atoms with E-state index in [4.69, 9.17) is 5.73 Å². The predicted molar refractivity (Wildman–Crippen MR) is 69.6 cm³/mol. The number of carbonyl (C=O) groups excluding carboxylic acids is 2. The van der Waals surface area contributed by atoms with Gasteiger partial charge in [-0.1, -0.05) is 20.3 Å². The Balaban J connectivity index is 2.24. The number of hydrogen-bond donors (Lipinski definition) is 1. The third-order valence-electron chi connectivity index (χ3n) is 5.02. The van der Waals surface area contributed by atoms with Crippen molar-refractivity contribution in [2.24, 2.45) is 23.0 Å². The number of hydrogen-bond acceptors (Lipinski definition) is 3. The number of nitrogens with two attached hydrogens (primary N) is 1. The highest BCUT2D eigenvalue weighted by Crippen LogP contribution is 2.43. The molecule has 0 spiro atoms. The molecule has 0 aromatic carbocycles. The molecule has 1 saturated heterocycles. The van der Waals surface area contributed by atoms with E-state index in [0.29, 0.717) is 18.9 Å². The third-order valence-corrected chi connectivity index (χ3v) is 5.02. The van der Waals surface area contributed by atoms with Gasteiger partial charge in [0.25, 0.3) is 0 Å². The molecule has 3 unspecified atom stereocenters. The van der Waals surface area contributed by atoms with Crippen LogP contribution in [0.3, 0.4) is 0 Å². The summed E-state index contributed by atoms with van der Waals surface area (Å²) in [7, 11) is 0. The van der Waals surface area contributed by atoms with Gasteiger partial charge in [0.1, 0.15) is 0 Å². The van der Waals surface area contributed by atoms with E-state index in [0.717, 1.165) is 19.3 Å². The molecule has 102 valence electrons. The van der Waals surface area contributed by atoms with Gasteiger partial charge < -0.3 is 5.73 Å². The van der Waals surface area contributed by atoms with Crippen LogP contribution < -0.4 is 5.73 Å². The van der Waals surface area contributed by atoms with Gasteiger partial charge in [0, 0.05) is 12.5 Å². The fourth-order valence-corrected chi connectivity index (χ4v) is 3.28. The predicted octanol–water partition coefficient (Wildman–Crippen LogP) is 1.53. The van der Waals surface area contributed by atoms with Gasteiger partial charge in [-0.15, -0.1) is 0 Å². The summed E-state index contributed by atoms with van der Waals surface area (Å²) in [6, 6.07) is 0.0515. The summed E-state index contributed by atoms with van der Waals surface area (Å²) in [4.78, 5) is 26.4. The van der Waals surface area contributed by atoms with E-state index in [9.17, 15) is 9.59 Å². The van der Waals surface area contributed by atoms with Crippen molar-refractivity contribution < 1.29 is 9.59 Å². The average Bonchev–Trinajstić information content (AvgIpc) is 2.84. The molecule has 2 fully saturated rings. The lowest BCUT2D eigenvalue weighted by Gasteiger charge is -2.31. The highest BCUT2D eigenvalue weighted by atomic mass is 16.2. The molecule has 0 radical (unpaired) electrons. The SMILES string of the molecule is CC(C)C1(C)CC(=O)N(C2CCCC2CN)C1=O. The number of carbonyl (C=O) groups is 2. The molecule has 0 aromatic heterocycles. The molecule has 1 saturated carbocycles. The molecule has 4 heteroatoms. The number of likely N-dealkylation sites (tertiary alicyclic amines) is 1. The van der Waals surface area contributed by atoms with Gasteiger partial charge in [-0.25, -0.2) is 0 Å². The largest absolute Gasteiger partial charge is 0.330 e. The van der Waals surface area contributed by atoms with Crippen LogP contribution in [0.5, 0.6) is 0 Å². The molecule has 2 N–H and O–H groups in total. The number of imide groups is 1. The first-order valence-electron chi connectivity index (χ1n) is 6.98. The van der Waals surface area contributed by atoms with Crippen LogP contribution >= 0.6 is 0 Å². The minimum atomic E-state index is -0.515. The van der Waals surface area contributed by atoms with Crippen molar-refractivity contribution >= 4 is 11.8 Å². The summed E-state index contributed by atoms with van der Waals surface area (Å²) >= 11 is 0. The van der Waals surface area contributed by atoms with Crippen molar-refractivity contribution in [1.29, 1.82) is 0 Å². The van der Waals surface area contributed by atoms with E-state index >= 15 is 0 Å². The summed E-state index contributed by atoms with van der Waals surface area (Å²) in [5, 5.41) is 0. The van der Waals surface area contributed by atoms with Crippen molar-refractivity contribution in [3.05, 3.63) is 0 Å². The Morgan fingerprint density at radius 2 is 2.06 bits per heavy atom. The molecule has 1 aliphatic heterocycles. The highest BCUT2D eigenvalue weighted by molar-refractivity contribution is 6.06. The Morgan fingerprint density at radius 3 is 2.56 bits per heavy atom. The van der Waals surface area contributed by atoms with E-state index in [1.165, 1.54) is 0 Å². The highest BCUT2D eigenvalue weighted by Gasteiger charge is 2.53. The Labute approximate surface area is 109 Å².